The molecule has 0 saturated carbocycles. The lowest BCUT2D eigenvalue weighted by atomic mass is 10.1. The number of aromatic nitrogens is 2. The predicted octanol–water partition coefficient (Wildman–Crippen LogP) is 5.59. The molecule has 1 atom stereocenters. The van der Waals surface area contributed by atoms with Crippen LogP contribution in [0, 0.1) is 24.1 Å². The Hall–Kier alpha value is -2.43. The van der Waals surface area contributed by atoms with Crippen molar-refractivity contribution in [3.8, 4) is 11.8 Å². The number of halogens is 4. The van der Waals surface area contributed by atoms with Crippen molar-refractivity contribution in [2.45, 2.75) is 26.0 Å². The van der Waals surface area contributed by atoms with E-state index >= 15 is 0 Å². The number of nitrogens with one attached hydrogen (secondary N) is 1. The van der Waals surface area contributed by atoms with Crippen LogP contribution in [0.4, 0.5) is 4.39 Å². The van der Waals surface area contributed by atoms with Crippen LogP contribution in [0.5, 0.6) is 5.75 Å². The van der Waals surface area contributed by atoms with Gasteiger partial charge in [-0.25, -0.2) is 4.39 Å². The van der Waals surface area contributed by atoms with E-state index in [-0.39, 0.29) is 47.3 Å². The van der Waals surface area contributed by atoms with Gasteiger partial charge in [0.25, 0.3) is 0 Å². The summed E-state index contributed by atoms with van der Waals surface area (Å²) in [5, 5.41) is 12.6. The van der Waals surface area contributed by atoms with Crippen LogP contribution in [-0.2, 0) is 6.54 Å². The lowest BCUT2D eigenvalue weighted by Crippen LogP contribution is -2.20. The molecule has 0 amide bonds. The molecule has 0 aliphatic rings. The Kier molecular flexibility index (Phi) is 11.2. The van der Waals surface area contributed by atoms with Crippen molar-refractivity contribution < 1.29 is 9.13 Å². The van der Waals surface area contributed by atoms with Gasteiger partial charge >= 0.3 is 0 Å². The summed E-state index contributed by atoms with van der Waals surface area (Å²) in [5.41, 5.74) is 2.78. The number of benzene rings is 2. The van der Waals surface area contributed by atoms with Crippen LogP contribution >= 0.6 is 36.4 Å². The summed E-state index contributed by atoms with van der Waals surface area (Å²) in [6.45, 7) is 3.12. The first-order valence-electron chi connectivity index (χ1n) is 9.16. The van der Waals surface area contributed by atoms with Crippen LogP contribution in [0.2, 0.25) is 5.02 Å². The van der Waals surface area contributed by atoms with Crippen LogP contribution in [-0.4, -0.2) is 16.5 Å². The van der Waals surface area contributed by atoms with E-state index in [1.54, 1.807) is 12.4 Å². The zero-order valence-corrected chi connectivity index (χ0v) is 19.1. The molecule has 1 N–H and O–H groups in total. The maximum Gasteiger partial charge on any atom is 0.143 e. The predicted molar refractivity (Wildman–Crippen MR) is 124 cm³/mol. The van der Waals surface area contributed by atoms with Crippen LogP contribution in [0.3, 0.4) is 0 Å². The zero-order valence-electron chi connectivity index (χ0n) is 16.7. The third-order valence-corrected chi connectivity index (χ3v) is 4.60. The Bertz CT molecular complexity index is 998. The fourth-order valence-corrected chi connectivity index (χ4v) is 2.94. The summed E-state index contributed by atoms with van der Waals surface area (Å²) >= 11 is 5.89. The highest BCUT2D eigenvalue weighted by molar-refractivity contribution is 6.30. The molecule has 0 unspecified atom stereocenters. The Morgan fingerprint density at radius 1 is 1.16 bits per heavy atom. The Balaban J connectivity index is 0.00000240. The fraction of sp³-hybridized carbons (Fsp3) is 0.227. The first-order chi connectivity index (χ1) is 14.1. The second kappa shape index (κ2) is 13.1. The van der Waals surface area contributed by atoms with Gasteiger partial charge in [0.15, 0.2) is 0 Å². The normalized spacial score (nSPS) is 10.9. The average Bonchev–Trinajstić information content (AvgIpc) is 2.74. The molecular weight excluding hydrogens is 462 g/mol. The van der Waals surface area contributed by atoms with E-state index in [0.29, 0.717) is 19.5 Å². The monoisotopic (exact) mass is 482 g/mol. The molecular formula is C22H22Cl3FN4O. The van der Waals surface area contributed by atoms with Gasteiger partial charge in [0.2, 0.25) is 0 Å². The van der Waals surface area contributed by atoms with E-state index in [9.17, 15) is 9.65 Å². The van der Waals surface area contributed by atoms with Gasteiger partial charge in [0, 0.05) is 31.4 Å². The number of aryl methyl sites for hydroxylation is 1. The standard InChI is InChI=1S/C22H20ClFN4O.2ClH/c1-15-12-28-18(14-27-15)13-26-8-7-21(16-5-3-2-4-6-16)29-22-10-19(23)20(24)9-17(22)11-25;;/h2-6,9-10,12,14,21,26H,7-8,13H2,1H3;2*1H/t21-;;/m1../s1. The van der Waals surface area contributed by atoms with Crippen molar-refractivity contribution in [2.75, 3.05) is 6.54 Å². The third-order valence-electron chi connectivity index (χ3n) is 4.31. The highest BCUT2D eigenvalue weighted by atomic mass is 35.5. The minimum absolute atomic E-state index is 0. The maximum atomic E-state index is 13.7. The van der Waals surface area contributed by atoms with Gasteiger partial charge in [0.1, 0.15) is 23.7 Å². The van der Waals surface area contributed by atoms with Crippen molar-refractivity contribution in [3.63, 3.8) is 0 Å². The zero-order chi connectivity index (χ0) is 20.6. The van der Waals surface area contributed by atoms with Crippen LogP contribution in [0.25, 0.3) is 0 Å². The lowest BCUT2D eigenvalue weighted by Gasteiger charge is -2.21. The van der Waals surface area contributed by atoms with Gasteiger partial charge in [-0.05, 0) is 25.1 Å². The summed E-state index contributed by atoms with van der Waals surface area (Å²) in [6, 6.07) is 14.1. The summed E-state index contributed by atoms with van der Waals surface area (Å²) in [7, 11) is 0. The van der Waals surface area contributed by atoms with Gasteiger partial charge in [0.05, 0.1) is 22.0 Å². The van der Waals surface area contributed by atoms with Crippen LogP contribution in [0.1, 0.15) is 35.0 Å². The second-order valence-corrected chi connectivity index (χ2v) is 6.91. The van der Waals surface area contributed by atoms with Crippen molar-refractivity contribution in [3.05, 3.63) is 88.2 Å². The summed E-state index contributed by atoms with van der Waals surface area (Å²) in [6.07, 6.45) is 3.77. The molecule has 0 bridgehead atoms. The quantitative estimate of drug-likeness (QED) is 0.423. The van der Waals surface area contributed by atoms with Crippen LogP contribution in [0.15, 0.2) is 54.9 Å². The van der Waals surface area contributed by atoms with E-state index in [1.807, 2.05) is 43.3 Å². The van der Waals surface area contributed by atoms with Crippen LogP contribution < -0.4 is 10.1 Å². The SMILES string of the molecule is Cc1cnc(CNCC[C@@H](Oc2cc(Cl)c(F)cc2C#N)c2ccccc2)cn1.Cl.Cl. The molecule has 0 fully saturated rings. The molecule has 0 saturated heterocycles. The number of hydrogen-bond donors (Lipinski definition) is 1. The third kappa shape index (κ3) is 7.64. The summed E-state index contributed by atoms with van der Waals surface area (Å²) < 4.78 is 19.8. The molecule has 0 aliphatic carbocycles. The molecule has 0 spiro atoms. The van der Waals surface area contributed by atoms with E-state index in [2.05, 4.69) is 15.3 Å². The minimum Gasteiger partial charge on any atom is -0.484 e. The molecule has 1 aromatic heterocycles. The molecule has 0 aliphatic heterocycles. The first kappa shape index (κ1) is 26.6. The Morgan fingerprint density at radius 2 is 1.90 bits per heavy atom. The van der Waals surface area contributed by atoms with Gasteiger partial charge in [-0.2, -0.15) is 5.26 Å². The van der Waals surface area contributed by atoms with Crippen molar-refractivity contribution >= 4 is 36.4 Å². The number of nitrogens with zero attached hydrogens (tertiary/aromatic N) is 3. The Morgan fingerprint density at radius 3 is 2.55 bits per heavy atom. The van der Waals surface area contributed by atoms with Gasteiger partial charge in [-0.15, -0.1) is 24.8 Å². The Labute approximate surface area is 198 Å². The highest BCUT2D eigenvalue weighted by Gasteiger charge is 2.17. The molecule has 3 aromatic rings. The molecule has 2 aromatic carbocycles. The summed E-state index contributed by atoms with van der Waals surface area (Å²) in [5.74, 6) is -0.384. The van der Waals surface area contributed by atoms with Crippen molar-refractivity contribution in [1.82, 2.24) is 15.3 Å². The van der Waals surface area contributed by atoms with E-state index in [1.165, 1.54) is 6.07 Å². The number of rotatable bonds is 8. The van der Waals surface area contributed by atoms with E-state index in [0.717, 1.165) is 23.0 Å². The molecule has 164 valence electrons. The molecule has 5 nitrogen and oxygen atoms in total. The molecule has 3 rings (SSSR count). The topological polar surface area (TPSA) is 70.8 Å². The maximum absolute atomic E-state index is 13.7. The fourth-order valence-electron chi connectivity index (χ4n) is 2.79. The number of ether oxygens (including phenoxy) is 1. The lowest BCUT2D eigenvalue weighted by molar-refractivity contribution is 0.193. The van der Waals surface area contributed by atoms with E-state index < -0.39 is 5.82 Å². The minimum atomic E-state index is -0.646. The number of hydrogen-bond acceptors (Lipinski definition) is 5. The average molecular weight is 484 g/mol. The molecule has 1 heterocycles. The molecule has 0 radical (unpaired) electrons. The van der Waals surface area contributed by atoms with Gasteiger partial charge in [-0.1, -0.05) is 41.9 Å². The highest BCUT2D eigenvalue weighted by Crippen LogP contribution is 2.31. The molecule has 31 heavy (non-hydrogen) atoms. The van der Waals surface area contributed by atoms with Crippen molar-refractivity contribution in [1.29, 1.82) is 5.26 Å². The van der Waals surface area contributed by atoms with E-state index in [4.69, 9.17) is 16.3 Å². The second-order valence-electron chi connectivity index (χ2n) is 6.51. The van der Waals surface area contributed by atoms with Gasteiger partial charge in [-0.3, -0.25) is 9.97 Å². The largest absolute Gasteiger partial charge is 0.484 e. The van der Waals surface area contributed by atoms with Crippen molar-refractivity contribution in [2.24, 2.45) is 0 Å². The smallest absolute Gasteiger partial charge is 0.143 e. The number of nitriles is 1. The van der Waals surface area contributed by atoms with Gasteiger partial charge < -0.3 is 10.1 Å². The first-order valence-corrected chi connectivity index (χ1v) is 9.53. The molecule has 9 heteroatoms. The summed E-state index contributed by atoms with van der Waals surface area (Å²) in [4.78, 5) is 8.55.